The second-order valence-electron chi connectivity index (χ2n) is 5.26. The van der Waals surface area contributed by atoms with Crippen molar-refractivity contribution in [2.45, 2.75) is 39.2 Å². The number of likely N-dealkylation sites (tertiary alicyclic amines) is 1. The number of carbonyl (C=O) groups excluding carboxylic acids is 2. The molecule has 90 valence electrons. The van der Waals surface area contributed by atoms with Gasteiger partial charge in [-0.25, -0.2) is 0 Å². The molecule has 0 aromatic carbocycles. The van der Waals surface area contributed by atoms with E-state index in [1.54, 1.807) is 6.92 Å². The average Bonchev–Trinajstić information content (AvgIpc) is 2.66. The van der Waals surface area contributed by atoms with Crippen LogP contribution in [0, 0.1) is 17.8 Å². The highest BCUT2D eigenvalue weighted by molar-refractivity contribution is 6.05. The molecule has 3 atom stereocenters. The fourth-order valence-electron chi connectivity index (χ4n) is 2.88. The molecule has 2 aliphatic rings. The minimum absolute atomic E-state index is 0.0139. The third-order valence-electron chi connectivity index (χ3n) is 3.74. The first-order valence-electron chi connectivity index (χ1n) is 6.04. The van der Waals surface area contributed by atoms with Crippen molar-refractivity contribution >= 4 is 11.8 Å². The maximum absolute atomic E-state index is 12.0. The Bertz CT molecular complexity index is 289. The number of aliphatic hydroxyl groups is 1. The Labute approximate surface area is 95.6 Å². The highest BCUT2D eigenvalue weighted by Gasteiger charge is 2.51. The second kappa shape index (κ2) is 4.17. The Kier molecular flexibility index (Phi) is 3.02. The summed E-state index contributed by atoms with van der Waals surface area (Å²) in [6.07, 6.45) is 1.72. The largest absolute Gasteiger partial charge is 0.393 e. The Morgan fingerprint density at radius 2 is 1.81 bits per heavy atom. The van der Waals surface area contributed by atoms with Crippen LogP contribution >= 0.6 is 0 Å². The topological polar surface area (TPSA) is 57.6 Å². The van der Waals surface area contributed by atoms with E-state index in [0.29, 0.717) is 18.9 Å². The quantitative estimate of drug-likeness (QED) is 0.722. The summed E-state index contributed by atoms with van der Waals surface area (Å²) < 4.78 is 0. The fourth-order valence-corrected chi connectivity index (χ4v) is 2.88. The lowest BCUT2D eigenvalue weighted by Gasteiger charge is -2.17. The van der Waals surface area contributed by atoms with E-state index in [2.05, 4.69) is 6.92 Å². The normalized spacial score (nSPS) is 35.7. The summed E-state index contributed by atoms with van der Waals surface area (Å²) in [6.45, 7) is 4.14. The van der Waals surface area contributed by atoms with Gasteiger partial charge in [-0.2, -0.15) is 0 Å². The molecule has 0 aromatic rings. The van der Waals surface area contributed by atoms with E-state index in [4.69, 9.17) is 0 Å². The summed E-state index contributed by atoms with van der Waals surface area (Å²) in [5.41, 5.74) is 0. The van der Waals surface area contributed by atoms with Crippen LogP contribution in [0.15, 0.2) is 0 Å². The summed E-state index contributed by atoms with van der Waals surface area (Å²) in [5, 5.41) is 9.18. The van der Waals surface area contributed by atoms with Crippen molar-refractivity contribution in [1.82, 2.24) is 4.90 Å². The van der Waals surface area contributed by atoms with E-state index >= 15 is 0 Å². The molecule has 2 rings (SSSR count). The van der Waals surface area contributed by atoms with E-state index in [-0.39, 0.29) is 23.7 Å². The van der Waals surface area contributed by atoms with Crippen molar-refractivity contribution in [3.63, 3.8) is 0 Å². The summed E-state index contributed by atoms with van der Waals surface area (Å²) in [7, 11) is 0. The molecule has 1 aliphatic heterocycles. The first-order chi connectivity index (χ1) is 7.50. The summed E-state index contributed by atoms with van der Waals surface area (Å²) >= 11 is 0. The van der Waals surface area contributed by atoms with E-state index in [1.165, 1.54) is 4.90 Å². The van der Waals surface area contributed by atoms with Gasteiger partial charge in [-0.1, -0.05) is 6.92 Å². The van der Waals surface area contributed by atoms with Crippen molar-refractivity contribution < 1.29 is 14.7 Å². The molecule has 0 spiro atoms. The number of amides is 2. The fraction of sp³-hybridized carbons (Fsp3) is 0.833. The third-order valence-corrected chi connectivity index (χ3v) is 3.74. The molecule has 2 fully saturated rings. The van der Waals surface area contributed by atoms with Crippen LogP contribution in [0.5, 0.6) is 0 Å². The molecule has 0 aromatic heterocycles. The van der Waals surface area contributed by atoms with Crippen LogP contribution in [0.3, 0.4) is 0 Å². The van der Waals surface area contributed by atoms with Gasteiger partial charge < -0.3 is 5.11 Å². The maximum atomic E-state index is 12.0. The van der Waals surface area contributed by atoms with Crippen LogP contribution in [0.1, 0.15) is 33.1 Å². The van der Waals surface area contributed by atoms with Crippen molar-refractivity contribution in [2.75, 3.05) is 6.54 Å². The van der Waals surface area contributed by atoms with Gasteiger partial charge in [0.2, 0.25) is 11.8 Å². The first-order valence-corrected chi connectivity index (χ1v) is 6.04. The molecule has 1 saturated carbocycles. The lowest BCUT2D eigenvalue weighted by molar-refractivity contribution is -0.140. The number of fused-ring (bicyclic) bond motifs is 1. The molecule has 3 unspecified atom stereocenters. The van der Waals surface area contributed by atoms with Crippen LogP contribution in [0.4, 0.5) is 0 Å². The monoisotopic (exact) mass is 225 g/mol. The number of imide groups is 1. The van der Waals surface area contributed by atoms with Crippen LogP contribution in [-0.2, 0) is 9.59 Å². The zero-order chi connectivity index (χ0) is 11.9. The minimum Gasteiger partial charge on any atom is -0.393 e. The van der Waals surface area contributed by atoms with Crippen molar-refractivity contribution in [3.8, 4) is 0 Å². The molecule has 4 heteroatoms. The van der Waals surface area contributed by atoms with Gasteiger partial charge in [0.05, 0.1) is 17.9 Å². The van der Waals surface area contributed by atoms with Gasteiger partial charge in [0.15, 0.2) is 0 Å². The number of aliphatic hydroxyl groups excluding tert-OH is 1. The molecule has 0 radical (unpaired) electrons. The lowest BCUT2D eigenvalue weighted by atomic mass is 10.00. The minimum atomic E-state index is -0.458. The molecule has 2 amide bonds. The molecular weight excluding hydrogens is 206 g/mol. The number of nitrogens with zero attached hydrogens (tertiary/aromatic N) is 1. The van der Waals surface area contributed by atoms with E-state index in [1.807, 2.05) is 0 Å². The van der Waals surface area contributed by atoms with Gasteiger partial charge in [-0.05, 0) is 32.1 Å². The average molecular weight is 225 g/mol. The molecule has 16 heavy (non-hydrogen) atoms. The number of carbonyl (C=O) groups is 2. The predicted octanol–water partition coefficient (Wildman–Crippen LogP) is 0.788. The number of rotatable bonds is 3. The van der Waals surface area contributed by atoms with Gasteiger partial charge in [-0.3, -0.25) is 14.5 Å². The SMILES string of the molecule is CC(O)CCN1C(=O)C2CC(C)CC2C1=O. The first kappa shape index (κ1) is 11.6. The zero-order valence-corrected chi connectivity index (χ0v) is 9.85. The molecule has 1 heterocycles. The van der Waals surface area contributed by atoms with Gasteiger partial charge >= 0.3 is 0 Å². The highest BCUT2D eigenvalue weighted by Crippen LogP contribution is 2.42. The van der Waals surface area contributed by atoms with Crippen LogP contribution < -0.4 is 0 Å². The Morgan fingerprint density at radius 1 is 1.31 bits per heavy atom. The van der Waals surface area contributed by atoms with E-state index in [9.17, 15) is 14.7 Å². The van der Waals surface area contributed by atoms with Crippen LogP contribution in [-0.4, -0.2) is 34.5 Å². The Morgan fingerprint density at radius 3 is 2.25 bits per heavy atom. The van der Waals surface area contributed by atoms with Gasteiger partial charge in [-0.15, -0.1) is 0 Å². The van der Waals surface area contributed by atoms with Gasteiger partial charge in [0.1, 0.15) is 0 Å². The Balaban J connectivity index is 2.03. The maximum Gasteiger partial charge on any atom is 0.233 e. The third kappa shape index (κ3) is 1.86. The van der Waals surface area contributed by atoms with Crippen molar-refractivity contribution in [1.29, 1.82) is 0 Å². The highest BCUT2D eigenvalue weighted by atomic mass is 16.3. The van der Waals surface area contributed by atoms with Gasteiger partial charge in [0, 0.05) is 6.54 Å². The van der Waals surface area contributed by atoms with Crippen LogP contribution in [0.2, 0.25) is 0 Å². The molecule has 1 aliphatic carbocycles. The lowest BCUT2D eigenvalue weighted by Crippen LogP contribution is -2.34. The van der Waals surface area contributed by atoms with E-state index < -0.39 is 6.10 Å². The summed E-state index contributed by atoms with van der Waals surface area (Å²) in [5.74, 6) is 0.315. The van der Waals surface area contributed by atoms with Crippen LogP contribution in [0.25, 0.3) is 0 Å². The zero-order valence-electron chi connectivity index (χ0n) is 9.85. The Hall–Kier alpha value is -0.900. The number of hydrogen-bond donors (Lipinski definition) is 1. The predicted molar refractivity (Wildman–Crippen MR) is 58.4 cm³/mol. The summed E-state index contributed by atoms with van der Waals surface area (Å²) in [4.78, 5) is 25.3. The molecule has 0 bridgehead atoms. The molecular formula is C12H19NO3. The van der Waals surface area contributed by atoms with Gasteiger partial charge in [0.25, 0.3) is 0 Å². The molecule has 1 saturated heterocycles. The number of hydrogen-bond acceptors (Lipinski definition) is 3. The van der Waals surface area contributed by atoms with E-state index in [0.717, 1.165) is 12.8 Å². The summed E-state index contributed by atoms with van der Waals surface area (Å²) in [6, 6.07) is 0. The van der Waals surface area contributed by atoms with Crippen molar-refractivity contribution in [3.05, 3.63) is 0 Å². The smallest absolute Gasteiger partial charge is 0.233 e. The van der Waals surface area contributed by atoms with Crippen molar-refractivity contribution in [2.24, 2.45) is 17.8 Å². The molecule has 1 N–H and O–H groups in total. The standard InChI is InChI=1S/C12H19NO3/c1-7-5-9-10(6-7)12(16)13(11(9)15)4-3-8(2)14/h7-10,14H,3-6H2,1-2H3. The molecule has 4 nitrogen and oxygen atoms in total. The second-order valence-corrected chi connectivity index (χ2v) is 5.26.